The number of halogens is 2. The van der Waals surface area contributed by atoms with Crippen molar-refractivity contribution in [2.45, 2.75) is 25.9 Å². The first-order valence-electron chi connectivity index (χ1n) is 11.6. The van der Waals surface area contributed by atoms with Crippen LogP contribution in [0.5, 0.6) is 0 Å². The molecule has 2 atom stereocenters. The molecule has 0 aliphatic carbocycles. The Labute approximate surface area is 236 Å². The predicted molar refractivity (Wildman–Crippen MR) is 143 cm³/mol. The number of esters is 2. The molecule has 10 nitrogen and oxygen atoms in total. The molecule has 208 valence electrons. The third-order valence-corrected chi connectivity index (χ3v) is 6.77. The first-order chi connectivity index (χ1) is 19.1. The van der Waals surface area contributed by atoms with Gasteiger partial charge in [-0.3, -0.25) is 4.79 Å². The van der Waals surface area contributed by atoms with Crippen LogP contribution in [0.25, 0.3) is 11.3 Å². The quantitative estimate of drug-likeness (QED) is 0.127. The summed E-state index contributed by atoms with van der Waals surface area (Å²) in [5.41, 5.74) is 5.87. The lowest BCUT2D eigenvalue weighted by Gasteiger charge is -2.21. The van der Waals surface area contributed by atoms with Crippen molar-refractivity contribution in [1.82, 2.24) is 0 Å². The maximum atomic E-state index is 14.5. The van der Waals surface area contributed by atoms with E-state index >= 15 is 0 Å². The molecule has 1 aliphatic rings. The van der Waals surface area contributed by atoms with Gasteiger partial charge < -0.3 is 24.7 Å². The largest absolute Gasteiger partial charge is 0.458 e. The molecule has 0 fully saturated rings. The number of nitrogens with two attached hydrogens (primary N) is 1. The molecule has 0 spiro atoms. The number of anilines is 1. The van der Waals surface area contributed by atoms with Crippen molar-refractivity contribution in [3.05, 3.63) is 86.8 Å². The summed E-state index contributed by atoms with van der Waals surface area (Å²) in [6.07, 6.45) is -3.10. The number of amides is 3. The summed E-state index contributed by atoms with van der Waals surface area (Å²) in [4.78, 5) is 51.7. The Morgan fingerprint density at radius 3 is 2.42 bits per heavy atom. The third-order valence-electron chi connectivity index (χ3n) is 5.61. The van der Waals surface area contributed by atoms with E-state index in [9.17, 15) is 23.6 Å². The van der Waals surface area contributed by atoms with E-state index in [0.29, 0.717) is 15.3 Å². The fraction of sp³-hybridized carbons (Fsp3) is 0.185. The van der Waals surface area contributed by atoms with Crippen LogP contribution in [0, 0.1) is 5.82 Å². The lowest BCUT2D eigenvalue weighted by atomic mass is 10.0. The lowest BCUT2D eigenvalue weighted by molar-refractivity contribution is -0.184. The second-order valence-corrected chi connectivity index (χ2v) is 9.63. The zero-order chi connectivity index (χ0) is 29.0. The van der Waals surface area contributed by atoms with E-state index < -0.39 is 42.1 Å². The van der Waals surface area contributed by atoms with Crippen LogP contribution in [0.1, 0.15) is 22.9 Å². The Balaban J connectivity index is 1.59. The summed E-state index contributed by atoms with van der Waals surface area (Å²) in [6.45, 7) is 1.24. The number of carbonyl (C=O) groups excluding carboxylic acids is 4. The van der Waals surface area contributed by atoms with Crippen molar-refractivity contribution in [2.24, 2.45) is 5.73 Å². The number of methoxy groups -OCH3 is 1. The van der Waals surface area contributed by atoms with Gasteiger partial charge in [-0.2, -0.15) is 0 Å². The van der Waals surface area contributed by atoms with Crippen molar-refractivity contribution >= 4 is 63.8 Å². The molecule has 3 aromatic rings. The minimum absolute atomic E-state index is 0.00751. The number of hydrogen-bond donors (Lipinski definition) is 1. The minimum atomic E-state index is -1.72. The van der Waals surface area contributed by atoms with Crippen LogP contribution in [0.3, 0.4) is 0 Å². The SMILES string of the molecule is COC(C(=O)OCc1ccccc1)C(=O)OC(C)O/C(=C1/C(=O)N(C(N)=O)c2cc(Cl)c(F)cc21)c1cccs1. The number of thiophene rings is 1. The van der Waals surface area contributed by atoms with Gasteiger partial charge in [-0.05, 0) is 29.1 Å². The van der Waals surface area contributed by atoms with Crippen molar-refractivity contribution in [2.75, 3.05) is 12.0 Å². The van der Waals surface area contributed by atoms with Crippen LogP contribution in [0.15, 0.2) is 60.0 Å². The average molecular weight is 589 g/mol. The number of primary amides is 1. The Kier molecular flexibility index (Phi) is 8.83. The fourth-order valence-electron chi connectivity index (χ4n) is 3.85. The minimum Gasteiger partial charge on any atom is -0.458 e. The molecular formula is C27H22ClFN2O8S. The summed E-state index contributed by atoms with van der Waals surface area (Å²) in [5, 5.41) is 1.36. The third kappa shape index (κ3) is 5.98. The summed E-state index contributed by atoms with van der Waals surface area (Å²) in [7, 11) is 1.13. The van der Waals surface area contributed by atoms with Gasteiger partial charge in [-0.15, -0.1) is 11.3 Å². The van der Waals surface area contributed by atoms with Crippen LogP contribution in [0.2, 0.25) is 5.02 Å². The molecular weight excluding hydrogens is 567 g/mol. The zero-order valence-electron chi connectivity index (χ0n) is 21.1. The summed E-state index contributed by atoms with van der Waals surface area (Å²) < 4.78 is 35.7. The van der Waals surface area contributed by atoms with Crippen molar-refractivity contribution < 1.29 is 42.5 Å². The monoisotopic (exact) mass is 588 g/mol. The number of ether oxygens (including phenoxy) is 4. The van der Waals surface area contributed by atoms with Crippen molar-refractivity contribution in [1.29, 1.82) is 0 Å². The van der Waals surface area contributed by atoms with Crippen molar-refractivity contribution in [3.63, 3.8) is 0 Å². The van der Waals surface area contributed by atoms with Gasteiger partial charge in [-0.1, -0.05) is 48.0 Å². The number of carbonyl (C=O) groups is 4. The van der Waals surface area contributed by atoms with Crippen LogP contribution in [-0.4, -0.2) is 43.4 Å². The molecule has 0 radical (unpaired) electrons. The van der Waals surface area contributed by atoms with E-state index in [-0.39, 0.29) is 34.2 Å². The van der Waals surface area contributed by atoms with Crippen LogP contribution >= 0.6 is 22.9 Å². The Morgan fingerprint density at radius 1 is 1.07 bits per heavy atom. The molecule has 1 aromatic heterocycles. The van der Waals surface area contributed by atoms with E-state index in [1.807, 2.05) is 0 Å². The number of nitrogens with zero attached hydrogens (tertiary/aromatic N) is 1. The highest BCUT2D eigenvalue weighted by atomic mass is 35.5. The number of urea groups is 1. The van der Waals surface area contributed by atoms with E-state index in [1.165, 1.54) is 6.92 Å². The molecule has 0 saturated heterocycles. The van der Waals surface area contributed by atoms with E-state index in [4.69, 9.17) is 36.3 Å². The number of benzene rings is 2. The van der Waals surface area contributed by atoms with Gasteiger partial charge in [0.1, 0.15) is 12.4 Å². The maximum absolute atomic E-state index is 14.5. The second kappa shape index (κ2) is 12.3. The summed E-state index contributed by atoms with van der Waals surface area (Å²) in [5.74, 6) is -3.96. The standard InChI is InChI=1S/C27H22ClFN2O8S/c1-14(39-26(34)23(36-2)25(33)37-13-15-7-4-3-5-8-15)38-22(20-9-6-10-40-20)21-16-11-18(29)17(28)12-19(16)31(24(21)32)27(30)35/h3-12,14,23H,13H2,1-2H3,(H2,30,35)/b22-21+. The molecule has 0 saturated carbocycles. The predicted octanol–water partition coefficient (Wildman–Crippen LogP) is 4.50. The Bertz CT molecular complexity index is 1480. The van der Waals surface area contributed by atoms with E-state index in [1.54, 1.807) is 47.8 Å². The van der Waals surface area contributed by atoms with Gasteiger partial charge in [0.2, 0.25) is 6.29 Å². The molecule has 1 aliphatic heterocycles. The molecule has 2 unspecified atom stereocenters. The summed E-state index contributed by atoms with van der Waals surface area (Å²) >= 11 is 7.05. The first kappa shape index (κ1) is 28.7. The number of rotatable bonds is 9. The topological polar surface area (TPSA) is 134 Å². The first-order valence-corrected chi connectivity index (χ1v) is 12.9. The number of hydrogen-bond acceptors (Lipinski definition) is 9. The highest BCUT2D eigenvalue weighted by Gasteiger charge is 2.41. The smallest absolute Gasteiger partial charge is 0.350 e. The molecule has 3 amide bonds. The zero-order valence-corrected chi connectivity index (χ0v) is 22.7. The Hall–Kier alpha value is -4.26. The molecule has 2 aromatic carbocycles. The Morgan fingerprint density at radius 2 is 1.80 bits per heavy atom. The van der Waals surface area contributed by atoms with E-state index in [2.05, 4.69) is 0 Å². The second-order valence-electron chi connectivity index (χ2n) is 8.28. The van der Waals surface area contributed by atoms with Gasteiger partial charge in [0.25, 0.3) is 12.0 Å². The van der Waals surface area contributed by atoms with Crippen LogP contribution in [-0.2, 0) is 39.9 Å². The van der Waals surface area contributed by atoms with E-state index in [0.717, 1.165) is 30.6 Å². The highest BCUT2D eigenvalue weighted by Crippen LogP contribution is 2.44. The van der Waals surface area contributed by atoms with Crippen molar-refractivity contribution in [3.8, 4) is 0 Å². The molecule has 4 rings (SSSR count). The fourth-order valence-corrected chi connectivity index (χ4v) is 4.73. The normalized spacial score (nSPS) is 15.2. The molecule has 2 N–H and O–H groups in total. The molecule has 0 bridgehead atoms. The van der Waals surface area contributed by atoms with Gasteiger partial charge in [-0.25, -0.2) is 23.7 Å². The van der Waals surface area contributed by atoms with Crippen LogP contribution in [0.4, 0.5) is 14.9 Å². The molecule has 2 heterocycles. The van der Waals surface area contributed by atoms with Crippen LogP contribution < -0.4 is 10.6 Å². The highest BCUT2D eigenvalue weighted by molar-refractivity contribution is 7.11. The number of imide groups is 1. The molecule has 40 heavy (non-hydrogen) atoms. The number of fused-ring (bicyclic) bond motifs is 1. The lowest BCUT2D eigenvalue weighted by Crippen LogP contribution is -2.38. The van der Waals surface area contributed by atoms with Gasteiger partial charge in [0.15, 0.2) is 5.76 Å². The summed E-state index contributed by atoms with van der Waals surface area (Å²) in [6, 6.07) is 13.0. The molecule has 13 heteroatoms. The van der Waals surface area contributed by atoms with Gasteiger partial charge >= 0.3 is 18.0 Å². The average Bonchev–Trinajstić information content (AvgIpc) is 3.54. The maximum Gasteiger partial charge on any atom is 0.350 e. The van der Waals surface area contributed by atoms with Gasteiger partial charge in [0, 0.05) is 19.6 Å². The van der Waals surface area contributed by atoms with Gasteiger partial charge in [0.05, 0.1) is 21.2 Å².